The molecule has 0 radical (unpaired) electrons. The van der Waals surface area contributed by atoms with Gasteiger partial charge >= 0.3 is 5.97 Å². The summed E-state index contributed by atoms with van der Waals surface area (Å²) >= 11 is 0. The monoisotopic (exact) mass is 295 g/mol. The molecule has 0 unspecified atom stereocenters. The van der Waals surface area contributed by atoms with Gasteiger partial charge in [0, 0.05) is 18.7 Å². The molecule has 1 aliphatic heterocycles. The quantitative estimate of drug-likeness (QED) is 0.844. The molecule has 5 nitrogen and oxygen atoms in total. The number of carbonyl (C=O) groups is 2. The van der Waals surface area contributed by atoms with Gasteiger partial charge in [0.25, 0.3) is 0 Å². The molecule has 0 aromatic heterocycles. The van der Waals surface area contributed by atoms with Gasteiger partial charge in [-0.3, -0.25) is 9.59 Å². The molecule has 2 rings (SSSR count). The van der Waals surface area contributed by atoms with Crippen LogP contribution in [0, 0.1) is 5.82 Å². The molecule has 1 heterocycles. The molecule has 0 saturated carbocycles. The van der Waals surface area contributed by atoms with Gasteiger partial charge in [-0.2, -0.15) is 0 Å². The number of hydrogen-bond acceptors (Lipinski definition) is 3. The number of nitrogens with one attached hydrogen (secondary N) is 1. The summed E-state index contributed by atoms with van der Waals surface area (Å²) in [7, 11) is 0. The van der Waals surface area contributed by atoms with E-state index in [1.165, 1.54) is 12.1 Å². The van der Waals surface area contributed by atoms with Gasteiger partial charge in [-0.25, -0.2) is 4.39 Å². The zero-order valence-corrected chi connectivity index (χ0v) is 11.6. The fraction of sp³-hybridized carbons (Fsp3) is 0.467. The van der Waals surface area contributed by atoms with Crippen LogP contribution < -0.4 is 5.32 Å². The second-order valence-corrected chi connectivity index (χ2v) is 5.10. The maximum Gasteiger partial charge on any atom is 0.307 e. The largest absolute Gasteiger partial charge is 0.481 e. The number of anilines is 1. The summed E-state index contributed by atoms with van der Waals surface area (Å²) in [5.74, 6) is -1.92. The van der Waals surface area contributed by atoms with E-state index in [1.807, 2.05) is 0 Å². The Morgan fingerprint density at radius 3 is 2.86 bits per heavy atom. The molecule has 6 heteroatoms. The van der Waals surface area contributed by atoms with E-state index in [2.05, 4.69) is 5.32 Å². The zero-order chi connectivity index (χ0) is 15.2. The number of rotatable bonds is 6. The minimum atomic E-state index is -1.10. The number of benzene rings is 1. The normalized spacial score (nSPS) is 17.7. The summed E-state index contributed by atoms with van der Waals surface area (Å²) in [6.07, 6.45) is 2.76. The molecule has 2 N–H and O–H groups in total. The fourth-order valence-electron chi connectivity index (χ4n) is 2.32. The van der Waals surface area contributed by atoms with Gasteiger partial charge in [0.1, 0.15) is 5.82 Å². The van der Waals surface area contributed by atoms with Crippen LogP contribution >= 0.6 is 0 Å². The maximum absolute atomic E-state index is 13.7. The van der Waals surface area contributed by atoms with Crippen LogP contribution in [-0.2, 0) is 20.7 Å². The third-order valence-electron chi connectivity index (χ3n) is 3.40. The number of amides is 1. The number of aliphatic carboxylic acids is 1. The van der Waals surface area contributed by atoms with E-state index in [4.69, 9.17) is 9.84 Å². The van der Waals surface area contributed by atoms with E-state index in [0.717, 1.165) is 25.5 Å². The van der Waals surface area contributed by atoms with Crippen LogP contribution in [0.25, 0.3) is 0 Å². The van der Waals surface area contributed by atoms with E-state index in [-0.39, 0.29) is 24.0 Å². The highest BCUT2D eigenvalue weighted by Gasteiger charge is 2.17. The fourth-order valence-corrected chi connectivity index (χ4v) is 2.32. The number of carbonyl (C=O) groups excluding carboxylic acids is 1. The van der Waals surface area contributed by atoms with Crippen LogP contribution in [0.3, 0.4) is 0 Å². The molecule has 1 aliphatic rings. The van der Waals surface area contributed by atoms with Crippen molar-refractivity contribution in [3.8, 4) is 0 Å². The number of halogens is 1. The van der Waals surface area contributed by atoms with Gasteiger partial charge in [0.15, 0.2) is 0 Å². The third kappa shape index (κ3) is 4.82. The Hall–Kier alpha value is -1.95. The molecule has 0 spiro atoms. The van der Waals surface area contributed by atoms with Crippen molar-refractivity contribution in [1.29, 1.82) is 0 Å². The van der Waals surface area contributed by atoms with Crippen LogP contribution in [0.5, 0.6) is 0 Å². The standard InChI is InChI=1S/C15H18FNO4/c16-13-9-11(4-3-10(13)8-15(19)20)17-14(18)6-5-12-2-1-7-21-12/h3-4,9,12H,1-2,5-8H2,(H,17,18)(H,19,20)/t12-/m1/s1. The van der Waals surface area contributed by atoms with Crippen LogP contribution in [0.4, 0.5) is 10.1 Å². The highest BCUT2D eigenvalue weighted by atomic mass is 19.1. The first-order valence-electron chi connectivity index (χ1n) is 6.96. The second-order valence-electron chi connectivity index (χ2n) is 5.10. The topological polar surface area (TPSA) is 75.6 Å². The van der Waals surface area contributed by atoms with Crippen LogP contribution in [0.2, 0.25) is 0 Å². The Balaban J connectivity index is 1.85. The maximum atomic E-state index is 13.7. The van der Waals surface area contributed by atoms with Crippen molar-refractivity contribution in [2.75, 3.05) is 11.9 Å². The Bertz CT molecular complexity index is 526. The average molecular weight is 295 g/mol. The molecule has 0 aliphatic carbocycles. The summed E-state index contributed by atoms with van der Waals surface area (Å²) in [6.45, 7) is 0.753. The van der Waals surface area contributed by atoms with E-state index in [1.54, 1.807) is 0 Å². The highest BCUT2D eigenvalue weighted by molar-refractivity contribution is 5.90. The van der Waals surface area contributed by atoms with Gasteiger partial charge in [-0.1, -0.05) is 6.07 Å². The molecular weight excluding hydrogens is 277 g/mol. The number of carboxylic acid groups (broad SMARTS) is 1. The van der Waals surface area contributed by atoms with E-state index >= 15 is 0 Å². The average Bonchev–Trinajstić information content (AvgIpc) is 2.92. The Morgan fingerprint density at radius 1 is 1.43 bits per heavy atom. The van der Waals surface area contributed by atoms with Crippen molar-refractivity contribution in [2.24, 2.45) is 0 Å². The van der Waals surface area contributed by atoms with Crippen LogP contribution in [-0.4, -0.2) is 29.7 Å². The van der Waals surface area contributed by atoms with Crippen molar-refractivity contribution >= 4 is 17.6 Å². The molecule has 1 aromatic carbocycles. The molecule has 1 amide bonds. The molecule has 1 fully saturated rings. The van der Waals surface area contributed by atoms with Gasteiger partial charge < -0.3 is 15.2 Å². The van der Waals surface area contributed by atoms with Gasteiger partial charge in [-0.05, 0) is 37.0 Å². The lowest BCUT2D eigenvalue weighted by Crippen LogP contribution is -2.15. The lowest BCUT2D eigenvalue weighted by Gasteiger charge is -2.10. The highest BCUT2D eigenvalue weighted by Crippen LogP contribution is 2.18. The van der Waals surface area contributed by atoms with Crippen molar-refractivity contribution < 1.29 is 23.8 Å². The minimum absolute atomic E-state index is 0.0971. The number of hydrogen-bond donors (Lipinski definition) is 2. The Labute approximate surface area is 122 Å². The smallest absolute Gasteiger partial charge is 0.307 e. The first-order chi connectivity index (χ1) is 10.0. The van der Waals surface area contributed by atoms with Crippen LogP contribution in [0.1, 0.15) is 31.2 Å². The molecule has 0 bridgehead atoms. The van der Waals surface area contributed by atoms with Gasteiger partial charge in [0.05, 0.1) is 12.5 Å². The zero-order valence-electron chi connectivity index (χ0n) is 11.6. The molecule has 1 aromatic rings. The van der Waals surface area contributed by atoms with E-state index < -0.39 is 11.8 Å². The Morgan fingerprint density at radius 2 is 2.24 bits per heavy atom. The summed E-state index contributed by atoms with van der Waals surface area (Å²) in [5.41, 5.74) is 0.429. The summed E-state index contributed by atoms with van der Waals surface area (Å²) in [5, 5.41) is 11.2. The second kappa shape index (κ2) is 7.17. The third-order valence-corrected chi connectivity index (χ3v) is 3.40. The van der Waals surface area contributed by atoms with Crippen molar-refractivity contribution in [3.05, 3.63) is 29.6 Å². The SMILES string of the molecule is O=C(O)Cc1ccc(NC(=O)CC[C@H]2CCCO2)cc1F. The van der Waals surface area contributed by atoms with Crippen molar-refractivity contribution in [3.63, 3.8) is 0 Å². The van der Waals surface area contributed by atoms with E-state index in [9.17, 15) is 14.0 Å². The summed E-state index contributed by atoms with van der Waals surface area (Å²) in [4.78, 5) is 22.3. The molecule has 21 heavy (non-hydrogen) atoms. The summed E-state index contributed by atoms with van der Waals surface area (Å²) < 4.78 is 19.1. The Kier molecular flexibility index (Phi) is 5.27. The van der Waals surface area contributed by atoms with Gasteiger partial charge in [0.2, 0.25) is 5.91 Å². The predicted octanol–water partition coefficient (Wildman–Crippen LogP) is 2.35. The lowest BCUT2D eigenvalue weighted by atomic mass is 10.1. The van der Waals surface area contributed by atoms with Crippen LogP contribution in [0.15, 0.2) is 18.2 Å². The first kappa shape index (κ1) is 15.4. The molecular formula is C15H18FNO4. The van der Waals surface area contributed by atoms with E-state index in [0.29, 0.717) is 18.5 Å². The minimum Gasteiger partial charge on any atom is -0.481 e. The lowest BCUT2D eigenvalue weighted by molar-refractivity contribution is -0.136. The molecule has 1 atom stereocenters. The van der Waals surface area contributed by atoms with Crippen molar-refractivity contribution in [1.82, 2.24) is 0 Å². The van der Waals surface area contributed by atoms with Gasteiger partial charge in [-0.15, -0.1) is 0 Å². The molecule has 1 saturated heterocycles. The first-order valence-corrected chi connectivity index (χ1v) is 6.96. The number of ether oxygens (including phenoxy) is 1. The van der Waals surface area contributed by atoms with Crippen molar-refractivity contribution in [2.45, 2.75) is 38.2 Å². The molecule has 114 valence electrons. The summed E-state index contributed by atoms with van der Waals surface area (Å²) in [6, 6.07) is 4.02. The number of carboxylic acids is 1. The predicted molar refractivity (Wildman–Crippen MR) is 74.6 cm³/mol.